The number of fused-ring (bicyclic) bond motifs is 2. The van der Waals surface area contributed by atoms with Gasteiger partial charge in [0.15, 0.2) is 6.39 Å². The van der Waals surface area contributed by atoms with Gasteiger partial charge in [-0.25, -0.2) is 4.98 Å². The molecular weight excluding hydrogens is 178 g/mol. The third kappa shape index (κ3) is 1.12. The fourth-order valence-corrected chi connectivity index (χ4v) is 3.26. The topological polar surface area (TPSA) is 46.3 Å². The molecule has 0 amide bonds. The van der Waals surface area contributed by atoms with Crippen molar-refractivity contribution >= 4 is 0 Å². The molecule has 1 aromatic rings. The maximum atomic E-state index is 9.12. The number of aliphatic hydroxyl groups excluding tert-OH is 1. The average molecular weight is 193 g/mol. The standard InChI is InChI=1S/C11H15NO2/c13-5-10-11(14-6-12-10)9-4-7-1-2-8(9)3-7/h6-9,13H,1-5H2. The van der Waals surface area contributed by atoms with Crippen LogP contribution in [0.5, 0.6) is 0 Å². The van der Waals surface area contributed by atoms with Crippen LogP contribution in [0.2, 0.25) is 0 Å². The minimum atomic E-state index is 0.0136. The summed E-state index contributed by atoms with van der Waals surface area (Å²) in [5, 5.41) is 9.12. The Hall–Kier alpha value is -0.830. The number of nitrogens with zero attached hydrogens (tertiary/aromatic N) is 1. The summed E-state index contributed by atoms with van der Waals surface area (Å²) in [5.74, 6) is 3.19. The van der Waals surface area contributed by atoms with Gasteiger partial charge in [-0.15, -0.1) is 0 Å². The van der Waals surface area contributed by atoms with E-state index in [0.717, 1.165) is 23.3 Å². The molecule has 0 spiro atoms. The zero-order chi connectivity index (χ0) is 9.54. The second-order valence-corrected chi connectivity index (χ2v) is 4.60. The average Bonchev–Trinajstić information content (AvgIpc) is 2.92. The van der Waals surface area contributed by atoms with E-state index in [2.05, 4.69) is 4.98 Å². The van der Waals surface area contributed by atoms with E-state index in [0.29, 0.717) is 5.92 Å². The predicted molar refractivity (Wildman–Crippen MR) is 50.6 cm³/mol. The number of aromatic nitrogens is 1. The van der Waals surface area contributed by atoms with Gasteiger partial charge in [-0.3, -0.25) is 0 Å². The highest BCUT2D eigenvalue weighted by Crippen LogP contribution is 2.53. The Morgan fingerprint density at radius 2 is 2.36 bits per heavy atom. The van der Waals surface area contributed by atoms with E-state index in [1.165, 1.54) is 32.1 Å². The van der Waals surface area contributed by atoms with E-state index in [1.54, 1.807) is 0 Å². The quantitative estimate of drug-likeness (QED) is 0.782. The van der Waals surface area contributed by atoms with Crippen molar-refractivity contribution < 1.29 is 9.52 Å². The highest BCUT2D eigenvalue weighted by molar-refractivity contribution is 5.16. The molecule has 14 heavy (non-hydrogen) atoms. The molecule has 0 aromatic carbocycles. The van der Waals surface area contributed by atoms with Crippen LogP contribution in [-0.4, -0.2) is 10.1 Å². The van der Waals surface area contributed by atoms with Gasteiger partial charge in [0.25, 0.3) is 0 Å². The van der Waals surface area contributed by atoms with Crippen molar-refractivity contribution in [1.82, 2.24) is 4.98 Å². The largest absolute Gasteiger partial charge is 0.448 e. The van der Waals surface area contributed by atoms with Crippen LogP contribution in [0.15, 0.2) is 10.8 Å². The lowest BCUT2D eigenvalue weighted by atomic mass is 9.86. The van der Waals surface area contributed by atoms with Gasteiger partial charge in [0.2, 0.25) is 0 Å². The summed E-state index contributed by atoms with van der Waals surface area (Å²) in [6.07, 6.45) is 6.79. The van der Waals surface area contributed by atoms with E-state index < -0.39 is 0 Å². The van der Waals surface area contributed by atoms with Crippen molar-refractivity contribution in [3.8, 4) is 0 Å². The zero-order valence-electron chi connectivity index (χ0n) is 8.15. The van der Waals surface area contributed by atoms with E-state index in [1.807, 2.05) is 0 Å². The molecule has 0 aliphatic heterocycles. The highest BCUT2D eigenvalue weighted by atomic mass is 16.3. The lowest BCUT2D eigenvalue weighted by molar-refractivity contribution is 0.268. The summed E-state index contributed by atoms with van der Waals surface area (Å²) in [7, 11) is 0. The van der Waals surface area contributed by atoms with Crippen LogP contribution in [-0.2, 0) is 6.61 Å². The Labute approximate surface area is 83.1 Å². The Morgan fingerprint density at radius 1 is 1.43 bits per heavy atom. The molecule has 0 saturated heterocycles. The molecule has 3 atom stereocenters. The van der Waals surface area contributed by atoms with Crippen molar-refractivity contribution in [3.05, 3.63) is 17.8 Å². The van der Waals surface area contributed by atoms with Gasteiger partial charge in [-0.05, 0) is 31.1 Å². The van der Waals surface area contributed by atoms with Gasteiger partial charge in [-0.2, -0.15) is 0 Å². The Kier molecular flexibility index (Phi) is 1.87. The molecule has 3 nitrogen and oxygen atoms in total. The zero-order valence-corrected chi connectivity index (χ0v) is 8.15. The molecule has 1 N–H and O–H groups in total. The van der Waals surface area contributed by atoms with E-state index in [9.17, 15) is 0 Å². The van der Waals surface area contributed by atoms with Crippen LogP contribution in [0.25, 0.3) is 0 Å². The van der Waals surface area contributed by atoms with Gasteiger partial charge in [0, 0.05) is 5.92 Å². The number of rotatable bonds is 2. The van der Waals surface area contributed by atoms with Gasteiger partial charge >= 0.3 is 0 Å². The SMILES string of the molecule is OCc1ncoc1C1CC2CCC1C2. The first-order valence-corrected chi connectivity index (χ1v) is 5.41. The first-order valence-electron chi connectivity index (χ1n) is 5.41. The first kappa shape index (κ1) is 8.48. The van der Waals surface area contributed by atoms with Crippen LogP contribution in [0.1, 0.15) is 43.1 Å². The van der Waals surface area contributed by atoms with E-state index in [-0.39, 0.29) is 6.61 Å². The summed E-state index contributed by atoms with van der Waals surface area (Å²) in [6.45, 7) is 0.0136. The third-order valence-corrected chi connectivity index (χ3v) is 3.90. The fraction of sp³-hybridized carbons (Fsp3) is 0.727. The van der Waals surface area contributed by atoms with Gasteiger partial charge in [0.1, 0.15) is 11.5 Å². The minimum absolute atomic E-state index is 0.0136. The van der Waals surface area contributed by atoms with Crippen molar-refractivity contribution in [2.24, 2.45) is 11.8 Å². The molecule has 0 radical (unpaired) electrons. The molecule has 2 aliphatic rings. The van der Waals surface area contributed by atoms with Gasteiger partial charge < -0.3 is 9.52 Å². The Bertz CT molecular complexity index is 334. The summed E-state index contributed by atoms with van der Waals surface area (Å²) in [6, 6.07) is 0. The smallest absolute Gasteiger partial charge is 0.181 e. The number of aliphatic hydroxyl groups is 1. The molecule has 2 saturated carbocycles. The minimum Gasteiger partial charge on any atom is -0.448 e. The lowest BCUT2D eigenvalue weighted by Gasteiger charge is -2.19. The first-order chi connectivity index (χ1) is 6.88. The maximum absolute atomic E-state index is 9.12. The normalized spacial score (nSPS) is 35.4. The molecule has 76 valence electrons. The van der Waals surface area contributed by atoms with Crippen LogP contribution in [0.3, 0.4) is 0 Å². The van der Waals surface area contributed by atoms with Crippen molar-refractivity contribution in [3.63, 3.8) is 0 Å². The molecule has 3 heteroatoms. The van der Waals surface area contributed by atoms with Crippen molar-refractivity contribution in [2.45, 2.75) is 38.2 Å². The monoisotopic (exact) mass is 193 g/mol. The van der Waals surface area contributed by atoms with Crippen LogP contribution in [0.4, 0.5) is 0 Å². The number of oxazole rings is 1. The molecular formula is C11H15NO2. The summed E-state index contributed by atoms with van der Waals surface area (Å²) < 4.78 is 5.42. The molecule has 1 heterocycles. The maximum Gasteiger partial charge on any atom is 0.181 e. The van der Waals surface area contributed by atoms with Crippen LogP contribution >= 0.6 is 0 Å². The van der Waals surface area contributed by atoms with Crippen molar-refractivity contribution in [1.29, 1.82) is 0 Å². The Morgan fingerprint density at radius 3 is 3.00 bits per heavy atom. The van der Waals surface area contributed by atoms with Crippen molar-refractivity contribution in [2.75, 3.05) is 0 Å². The molecule has 2 aliphatic carbocycles. The second kappa shape index (κ2) is 3.09. The lowest BCUT2D eigenvalue weighted by Crippen LogP contribution is -2.09. The predicted octanol–water partition coefficient (Wildman–Crippen LogP) is 2.07. The molecule has 2 bridgehead atoms. The summed E-state index contributed by atoms with van der Waals surface area (Å²) in [5.41, 5.74) is 0.752. The highest BCUT2D eigenvalue weighted by Gasteiger charge is 2.42. The summed E-state index contributed by atoms with van der Waals surface area (Å²) in [4.78, 5) is 4.05. The number of hydrogen-bond acceptors (Lipinski definition) is 3. The Balaban J connectivity index is 1.89. The third-order valence-electron chi connectivity index (χ3n) is 3.90. The summed E-state index contributed by atoms with van der Waals surface area (Å²) >= 11 is 0. The second-order valence-electron chi connectivity index (χ2n) is 4.60. The van der Waals surface area contributed by atoms with E-state index in [4.69, 9.17) is 9.52 Å². The molecule has 3 rings (SSSR count). The van der Waals surface area contributed by atoms with Crippen LogP contribution < -0.4 is 0 Å². The fourth-order valence-electron chi connectivity index (χ4n) is 3.26. The number of hydrogen-bond donors (Lipinski definition) is 1. The van der Waals surface area contributed by atoms with E-state index >= 15 is 0 Å². The molecule has 1 aromatic heterocycles. The van der Waals surface area contributed by atoms with Gasteiger partial charge in [0.05, 0.1) is 6.61 Å². The van der Waals surface area contributed by atoms with Gasteiger partial charge in [-0.1, -0.05) is 6.42 Å². The van der Waals surface area contributed by atoms with Crippen LogP contribution in [0, 0.1) is 11.8 Å². The molecule has 2 fully saturated rings. The molecule has 3 unspecified atom stereocenters.